The van der Waals surface area contributed by atoms with Crippen molar-refractivity contribution in [2.75, 3.05) is 71.0 Å². The number of ether oxygens (including phenoxy) is 1. The van der Waals surface area contributed by atoms with E-state index >= 15 is 0 Å². The van der Waals surface area contributed by atoms with Crippen molar-refractivity contribution in [1.82, 2.24) is 25.1 Å². The molecule has 0 bridgehead atoms. The Morgan fingerprint density at radius 2 is 1.81 bits per heavy atom. The lowest BCUT2D eigenvalue weighted by Crippen LogP contribution is -2.54. The number of halogens is 1. The van der Waals surface area contributed by atoms with Crippen LogP contribution in [0, 0.1) is 6.92 Å². The van der Waals surface area contributed by atoms with Gasteiger partial charge >= 0.3 is 0 Å². The molecule has 1 atom stereocenters. The molecule has 0 saturated carbocycles. The maximum atomic E-state index is 5.98. The number of furan rings is 1. The monoisotopic (exact) mass is 541 g/mol. The Kier molecular flexibility index (Phi) is 8.90. The lowest BCUT2D eigenvalue weighted by molar-refractivity contribution is 0.0123. The third-order valence-corrected chi connectivity index (χ3v) is 5.66. The summed E-state index contributed by atoms with van der Waals surface area (Å²) in [7, 11) is 1.84. The van der Waals surface area contributed by atoms with Gasteiger partial charge in [-0.1, -0.05) is 0 Å². The molecule has 9 nitrogen and oxygen atoms in total. The van der Waals surface area contributed by atoms with Crippen molar-refractivity contribution in [2.24, 2.45) is 4.99 Å². The van der Waals surface area contributed by atoms with Gasteiger partial charge < -0.3 is 24.3 Å². The minimum absolute atomic E-state index is 0. The highest BCUT2D eigenvalue weighted by Gasteiger charge is 2.27. The van der Waals surface area contributed by atoms with E-state index in [0.717, 1.165) is 82.5 Å². The summed E-state index contributed by atoms with van der Waals surface area (Å²) in [5, 5.41) is 3.58. The van der Waals surface area contributed by atoms with Crippen LogP contribution in [0.5, 0.6) is 0 Å². The predicted molar refractivity (Wildman–Crippen MR) is 131 cm³/mol. The maximum absolute atomic E-state index is 5.98. The molecule has 4 rings (SSSR count). The van der Waals surface area contributed by atoms with Crippen molar-refractivity contribution in [2.45, 2.75) is 13.0 Å². The first-order valence-corrected chi connectivity index (χ1v) is 10.6. The summed E-state index contributed by atoms with van der Waals surface area (Å²) in [6.07, 6.45) is 3.58. The third kappa shape index (κ3) is 6.07. The van der Waals surface area contributed by atoms with Crippen LogP contribution >= 0.6 is 24.0 Å². The SMILES string of the molecule is CN=C(NCC(c1ccc(C)o1)N1CCOCC1)N1CCN(c2ncccn2)CC1.I. The summed E-state index contributed by atoms with van der Waals surface area (Å²) in [5.41, 5.74) is 0. The minimum atomic E-state index is 0. The Morgan fingerprint density at radius 3 is 2.42 bits per heavy atom. The largest absolute Gasteiger partial charge is 0.465 e. The second-order valence-corrected chi connectivity index (χ2v) is 7.56. The van der Waals surface area contributed by atoms with E-state index in [0.29, 0.717) is 0 Å². The molecule has 2 aromatic heterocycles. The lowest BCUT2D eigenvalue weighted by atomic mass is 10.1. The van der Waals surface area contributed by atoms with Gasteiger partial charge in [-0.25, -0.2) is 9.97 Å². The Balaban J connectivity index is 0.00000272. The number of aliphatic imine (C=N–C) groups is 1. The molecule has 1 N–H and O–H groups in total. The number of nitrogens with one attached hydrogen (secondary N) is 1. The number of guanidine groups is 1. The summed E-state index contributed by atoms with van der Waals surface area (Å²) in [5.74, 6) is 3.64. The van der Waals surface area contributed by atoms with Gasteiger partial charge in [-0.15, -0.1) is 24.0 Å². The van der Waals surface area contributed by atoms with E-state index < -0.39 is 0 Å². The first kappa shape index (κ1) is 23.7. The van der Waals surface area contributed by atoms with Crippen molar-refractivity contribution in [3.63, 3.8) is 0 Å². The molecule has 10 heteroatoms. The summed E-state index contributed by atoms with van der Waals surface area (Å²) >= 11 is 0. The van der Waals surface area contributed by atoms with Crippen LogP contribution in [0.25, 0.3) is 0 Å². The number of rotatable bonds is 5. The molecule has 31 heavy (non-hydrogen) atoms. The number of hydrogen-bond acceptors (Lipinski definition) is 7. The van der Waals surface area contributed by atoms with Gasteiger partial charge in [0.1, 0.15) is 11.5 Å². The molecule has 1 unspecified atom stereocenters. The maximum Gasteiger partial charge on any atom is 0.225 e. The minimum Gasteiger partial charge on any atom is -0.465 e. The molecule has 0 amide bonds. The van der Waals surface area contributed by atoms with Crippen LogP contribution in [0.3, 0.4) is 0 Å². The second-order valence-electron chi connectivity index (χ2n) is 7.56. The molecule has 0 radical (unpaired) electrons. The van der Waals surface area contributed by atoms with E-state index in [2.05, 4.69) is 41.0 Å². The highest BCUT2D eigenvalue weighted by atomic mass is 127. The first-order valence-electron chi connectivity index (χ1n) is 10.6. The van der Waals surface area contributed by atoms with Crippen LogP contribution in [0.2, 0.25) is 0 Å². The number of aromatic nitrogens is 2. The summed E-state index contributed by atoms with van der Waals surface area (Å²) in [4.78, 5) is 20.2. The smallest absolute Gasteiger partial charge is 0.225 e. The van der Waals surface area contributed by atoms with Crippen molar-refractivity contribution in [3.05, 3.63) is 42.1 Å². The zero-order valence-electron chi connectivity index (χ0n) is 18.2. The van der Waals surface area contributed by atoms with Gasteiger partial charge in [-0.3, -0.25) is 9.89 Å². The summed E-state index contributed by atoms with van der Waals surface area (Å²) in [6, 6.07) is 6.11. The number of piperazine rings is 1. The number of hydrogen-bond donors (Lipinski definition) is 1. The molecule has 2 saturated heterocycles. The van der Waals surface area contributed by atoms with Crippen molar-refractivity contribution >= 4 is 35.9 Å². The Bertz CT molecular complexity index is 818. The van der Waals surface area contributed by atoms with Crippen molar-refractivity contribution in [3.8, 4) is 0 Å². The zero-order valence-corrected chi connectivity index (χ0v) is 20.6. The highest BCUT2D eigenvalue weighted by molar-refractivity contribution is 14.0. The molecule has 170 valence electrons. The fourth-order valence-electron chi connectivity index (χ4n) is 4.02. The van der Waals surface area contributed by atoms with Gasteiger partial charge in [0.15, 0.2) is 5.96 Å². The van der Waals surface area contributed by atoms with Crippen LogP contribution in [-0.2, 0) is 4.74 Å². The Labute approximate surface area is 200 Å². The molecule has 2 aromatic rings. The van der Waals surface area contributed by atoms with Crippen LogP contribution < -0.4 is 10.2 Å². The molecular weight excluding hydrogens is 509 g/mol. The fourth-order valence-corrected chi connectivity index (χ4v) is 4.02. The first-order chi connectivity index (χ1) is 14.7. The van der Waals surface area contributed by atoms with Gasteiger partial charge in [-0.05, 0) is 25.1 Å². The Hall–Kier alpha value is -1.92. The van der Waals surface area contributed by atoms with Crippen molar-refractivity contribution in [1.29, 1.82) is 0 Å². The van der Waals surface area contributed by atoms with Crippen LogP contribution in [-0.4, -0.2) is 91.8 Å². The normalized spacial score (nSPS) is 19.1. The average molecular weight is 541 g/mol. The van der Waals surface area contributed by atoms with E-state index in [9.17, 15) is 0 Å². The fraction of sp³-hybridized carbons (Fsp3) is 0.571. The third-order valence-electron chi connectivity index (χ3n) is 5.66. The van der Waals surface area contributed by atoms with Gasteiger partial charge in [-0.2, -0.15) is 0 Å². The number of nitrogens with zero attached hydrogens (tertiary/aromatic N) is 6. The van der Waals surface area contributed by atoms with E-state index in [-0.39, 0.29) is 30.0 Å². The van der Waals surface area contributed by atoms with E-state index in [1.807, 2.05) is 26.1 Å². The number of anilines is 1. The Morgan fingerprint density at radius 1 is 1.10 bits per heavy atom. The lowest BCUT2D eigenvalue weighted by Gasteiger charge is -2.38. The summed E-state index contributed by atoms with van der Waals surface area (Å²) < 4.78 is 11.5. The number of aryl methyl sites for hydroxylation is 1. The van der Waals surface area contributed by atoms with Crippen LogP contribution in [0.1, 0.15) is 17.6 Å². The van der Waals surface area contributed by atoms with Gasteiger partial charge in [0, 0.05) is 65.3 Å². The molecular formula is C21H32IN7O2. The second kappa shape index (κ2) is 11.6. The number of morpholine rings is 1. The molecule has 2 aliphatic rings. The molecule has 0 spiro atoms. The molecule has 2 fully saturated rings. The molecule has 0 aliphatic carbocycles. The van der Waals surface area contributed by atoms with Crippen molar-refractivity contribution < 1.29 is 9.15 Å². The van der Waals surface area contributed by atoms with Crippen LogP contribution in [0.15, 0.2) is 40.0 Å². The molecule has 0 aromatic carbocycles. The topological polar surface area (TPSA) is 82.3 Å². The summed E-state index contributed by atoms with van der Waals surface area (Å²) in [6.45, 7) is 9.54. The zero-order chi connectivity index (χ0) is 20.8. The standard InChI is InChI=1S/C21H31N7O2.HI/c1-17-4-5-19(30-17)18(26-12-14-29-15-13-26)16-25-20(22-2)27-8-10-28(11-9-27)21-23-6-3-7-24-21;/h3-7,18H,8-16H2,1-2H3,(H,22,25);1H. The van der Waals surface area contributed by atoms with E-state index in [1.165, 1.54) is 0 Å². The van der Waals surface area contributed by atoms with Crippen LogP contribution in [0.4, 0.5) is 5.95 Å². The van der Waals surface area contributed by atoms with Gasteiger partial charge in [0.25, 0.3) is 0 Å². The highest BCUT2D eigenvalue weighted by Crippen LogP contribution is 2.23. The average Bonchev–Trinajstić information content (AvgIpc) is 3.24. The quantitative estimate of drug-likeness (QED) is 0.349. The van der Waals surface area contributed by atoms with Gasteiger partial charge in [0.05, 0.1) is 19.3 Å². The molecule has 4 heterocycles. The van der Waals surface area contributed by atoms with Gasteiger partial charge in [0.2, 0.25) is 5.95 Å². The predicted octanol–water partition coefficient (Wildman–Crippen LogP) is 1.77. The molecule has 2 aliphatic heterocycles. The van der Waals surface area contributed by atoms with E-state index in [1.54, 1.807) is 12.4 Å². The van der Waals surface area contributed by atoms with E-state index in [4.69, 9.17) is 9.15 Å².